The van der Waals surface area contributed by atoms with Crippen LogP contribution in [0.5, 0.6) is 0 Å². The summed E-state index contributed by atoms with van der Waals surface area (Å²) in [6, 6.07) is 6.65. The molecule has 0 atom stereocenters. The molecule has 0 N–H and O–H groups in total. The van der Waals surface area contributed by atoms with Gasteiger partial charge in [-0.1, -0.05) is 23.4 Å². The van der Waals surface area contributed by atoms with Gasteiger partial charge in [0.1, 0.15) is 12.9 Å². The molecular weight excluding hydrogens is 169 g/mol. The molecule has 0 amide bonds. The average molecular weight is 181 g/mol. The van der Waals surface area contributed by atoms with Crippen LogP contribution in [-0.4, -0.2) is 12.8 Å². The van der Waals surface area contributed by atoms with Crippen molar-refractivity contribution in [1.29, 1.82) is 0 Å². The third kappa shape index (κ3) is 2.86. The first-order valence-corrected chi connectivity index (χ1v) is 4.04. The molecule has 13 heavy (non-hydrogen) atoms. The number of hydrogen-bond acceptors (Lipinski definition) is 2. The molecule has 0 aliphatic heterocycles. The van der Waals surface area contributed by atoms with Gasteiger partial charge in [-0.05, 0) is 18.6 Å². The van der Waals surface area contributed by atoms with Crippen LogP contribution >= 0.6 is 0 Å². The largest absolute Gasteiger partial charge is 0.399 e. The highest BCUT2D eigenvalue weighted by atomic mass is 19.1. The van der Waals surface area contributed by atoms with E-state index < -0.39 is 0 Å². The van der Waals surface area contributed by atoms with Crippen molar-refractivity contribution in [3.8, 4) is 0 Å². The molecule has 0 heterocycles. The third-order valence-electron chi connectivity index (χ3n) is 1.65. The van der Waals surface area contributed by atoms with Crippen LogP contribution in [0.1, 0.15) is 12.5 Å². The van der Waals surface area contributed by atoms with Crippen molar-refractivity contribution < 1.29 is 9.23 Å². The van der Waals surface area contributed by atoms with E-state index in [1.54, 1.807) is 25.1 Å². The van der Waals surface area contributed by atoms with Crippen LogP contribution in [0, 0.1) is 5.82 Å². The van der Waals surface area contributed by atoms with E-state index in [4.69, 9.17) is 0 Å². The first kappa shape index (κ1) is 9.71. The molecule has 2 nitrogen and oxygen atoms in total. The van der Waals surface area contributed by atoms with Crippen LogP contribution in [0.25, 0.3) is 0 Å². The van der Waals surface area contributed by atoms with Crippen LogP contribution < -0.4 is 0 Å². The molecule has 0 aliphatic carbocycles. The van der Waals surface area contributed by atoms with Gasteiger partial charge in [-0.25, -0.2) is 4.39 Å². The summed E-state index contributed by atoms with van der Waals surface area (Å²) in [5.74, 6) is -0.201. The van der Waals surface area contributed by atoms with Gasteiger partial charge >= 0.3 is 0 Å². The number of benzene rings is 1. The van der Waals surface area contributed by atoms with Crippen LogP contribution in [0.4, 0.5) is 4.39 Å². The number of nitrogens with zero attached hydrogens (tertiary/aromatic N) is 1. The van der Waals surface area contributed by atoms with E-state index in [2.05, 4.69) is 9.99 Å². The average Bonchev–Trinajstić information content (AvgIpc) is 2.09. The summed E-state index contributed by atoms with van der Waals surface area (Å²) >= 11 is 0. The van der Waals surface area contributed by atoms with Crippen molar-refractivity contribution in [3.63, 3.8) is 0 Å². The predicted molar refractivity (Wildman–Crippen MR) is 50.2 cm³/mol. The van der Waals surface area contributed by atoms with Gasteiger partial charge < -0.3 is 4.84 Å². The van der Waals surface area contributed by atoms with Crippen LogP contribution in [-0.2, 0) is 11.3 Å². The van der Waals surface area contributed by atoms with Gasteiger partial charge in [0.15, 0.2) is 0 Å². The highest BCUT2D eigenvalue weighted by molar-refractivity contribution is 5.83. The molecule has 0 spiro atoms. The lowest BCUT2D eigenvalue weighted by Crippen LogP contribution is -2.00. The van der Waals surface area contributed by atoms with Crippen LogP contribution in [0.2, 0.25) is 0 Å². The SMILES string of the molecule is CON=C(C)Cc1ccccc1F. The zero-order chi connectivity index (χ0) is 9.68. The standard InChI is InChI=1S/C10H12FNO/c1-8(12-13-2)7-9-5-3-4-6-10(9)11/h3-6H,7H2,1-2H3. The summed E-state index contributed by atoms with van der Waals surface area (Å²) in [7, 11) is 1.48. The predicted octanol–water partition coefficient (Wildman–Crippen LogP) is 2.39. The van der Waals surface area contributed by atoms with Gasteiger partial charge in [0.25, 0.3) is 0 Å². The maximum absolute atomic E-state index is 13.1. The van der Waals surface area contributed by atoms with E-state index in [0.717, 1.165) is 5.71 Å². The van der Waals surface area contributed by atoms with E-state index in [9.17, 15) is 4.39 Å². The fourth-order valence-corrected chi connectivity index (χ4v) is 1.11. The van der Waals surface area contributed by atoms with Gasteiger partial charge in [-0.3, -0.25) is 0 Å². The zero-order valence-electron chi connectivity index (χ0n) is 7.75. The van der Waals surface area contributed by atoms with E-state index >= 15 is 0 Å². The Morgan fingerprint density at radius 1 is 1.46 bits per heavy atom. The summed E-state index contributed by atoms with van der Waals surface area (Å²) in [5.41, 5.74) is 1.40. The second-order valence-corrected chi connectivity index (χ2v) is 2.78. The number of hydrogen-bond donors (Lipinski definition) is 0. The number of oxime groups is 1. The van der Waals surface area contributed by atoms with Crippen molar-refractivity contribution in [1.82, 2.24) is 0 Å². The maximum Gasteiger partial charge on any atom is 0.126 e. The first-order chi connectivity index (χ1) is 6.24. The summed E-state index contributed by atoms with van der Waals surface area (Å²) in [6.07, 6.45) is 0.487. The maximum atomic E-state index is 13.1. The summed E-state index contributed by atoms with van der Waals surface area (Å²) in [4.78, 5) is 4.58. The van der Waals surface area contributed by atoms with Crippen molar-refractivity contribution in [2.24, 2.45) is 5.16 Å². The fraction of sp³-hybridized carbons (Fsp3) is 0.300. The Hall–Kier alpha value is -1.38. The summed E-state index contributed by atoms with van der Waals surface area (Å²) in [5, 5.41) is 3.71. The molecule has 1 aromatic rings. The molecule has 0 unspecified atom stereocenters. The van der Waals surface area contributed by atoms with Crippen molar-refractivity contribution in [3.05, 3.63) is 35.6 Å². The quantitative estimate of drug-likeness (QED) is 0.518. The van der Waals surface area contributed by atoms with Crippen LogP contribution in [0.15, 0.2) is 29.4 Å². The topological polar surface area (TPSA) is 21.6 Å². The Morgan fingerprint density at radius 2 is 2.15 bits per heavy atom. The molecule has 0 aliphatic rings. The lowest BCUT2D eigenvalue weighted by Gasteiger charge is -2.01. The Morgan fingerprint density at radius 3 is 2.77 bits per heavy atom. The first-order valence-electron chi connectivity index (χ1n) is 4.04. The van der Waals surface area contributed by atoms with Gasteiger partial charge in [0.2, 0.25) is 0 Å². The molecule has 0 saturated carbocycles. The van der Waals surface area contributed by atoms with Gasteiger partial charge in [0.05, 0.1) is 5.71 Å². The number of rotatable bonds is 3. The van der Waals surface area contributed by atoms with E-state index in [1.165, 1.54) is 13.2 Å². The van der Waals surface area contributed by atoms with Gasteiger partial charge in [0, 0.05) is 6.42 Å². The number of halogens is 1. The van der Waals surface area contributed by atoms with E-state index in [1.807, 2.05) is 0 Å². The highest BCUT2D eigenvalue weighted by Gasteiger charge is 2.01. The van der Waals surface area contributed by atoms with Crippen LogP contribution in [0.3, 0.4) is 0 Å². The molecule has 3 heteroatoms. The second kappa shape index (κ2) is 4.60. The van der Waals surface area contributed by atoms with Gasteiger partial charge in [-0.2, -0.15) is 0 Å². The Bertz CT molecular complexity index is 310. The summed E-state index contributed by atoms with van der Waals surface area (Å²) in [6.45, 7) is 1.80. The Balaban J connectivity index is 2.74. The lowest BCUT2D eigenvalue weighted by atomic mass is 10.1. The molecule has 70 valence electrons. The molecular formula is C10H12FNO. The molecule has 0 bridgehead atoms. The highest BCUT2D eigenvalue weighted by Crippen LogP contribution is 2.07. The minimum Gasteiger partial charge on any atom is -0.399 e. The minimum absolute atomic E-state index is 0.201. The van der Waals surface area contributed by atoms with Crippen molar-refractivity contribution in [2.45, 2.75) is 13.3 Å². The Labute approximate surface area is 77.0 Å². The van der Waals surface area contributed by atoms with Crippen molar-refractivity contribution in [2.75, 3.05) is 7.11 Å². The molecule has 0 fully saturated rings. The molecule has 0 aromatic heterocycles. The monoisotopic (exact) mass is 181 g/mol. The molecule has 1 aromatic carbocycles. The smallest absolute Gasteiger partial charge is 0.126 e. The zero-order valence-corrected chi connectivity index (χ0v) is 7.75. The Kier molecular flexibility index (Phi) is 3.43. The minimum atomic E-state index is -0.201. The lowest BCUT2D eigenvalue weighted by molar-refractivity contribution is 0.212. The van der Waals surface area contributed by atoms with Gasteiger partial charge in [-0.15, -0.1) is 0 Å². The summed E-state index contributed by atoms with van der Waals surface area (Å²) < 4.78 is 13.1. The van der Waals surface area contributed by atoms with E-state index in [0.29, 0.717) is 12.0 Å². The fourth-order valence-electron chi connectivity index (χ4n) is 1.11. The normalized spacial score (nSPS) is 11.5. The van der Waals surface area contributed by atoms with E-state index in [-0.39, 0.29) is 5.82 Å². The molecule has 1 rings (SSSR count). The third-order valence-corrected chi connectivity index (χ3v) is 1.65. The molecule has 0 radical (unpaired) electrons. The van der Waals surface area contributed by atoms with Crippen molar-refractivity contribution >= 4 is 5.71 Å². The molecule has 0 saturated heterocycles. The second-order valence-electron chi connectivity index (χ2n) is 2.78.